The highest BCUT2D eigenvalue weighted by Crippen LogP contribution is 2.35. The lowest BCUT2D eigenvalue weighted by atomic mass is 9.95. The average molecular weight is 591 g/mol. The number of carbonyl (C=O) groups excluding carboxylic acids is 3. The molecule has 1 aromatic carbocycles. The second kappa shape index (κ2) is 13.4. The zero-order valence-electron chi connectivity index (χ0n) is 24.1. The first-order chi connectivity index (χ1) is 20.3. The van der Waals surface area contributed by atoms with E-state index < -0.39 is 11.9 Å². The maximum Gasteiger partial charge on any atom is 0.273 e. The molecule has 0 spiro atoms. The molecule has 3 heterocycles. The molecule has 5 rings (SSSR count). The summed E-state index contributed by atoms with van der Waals surface area (Å²) in [6.45, 7) is 4.83. The summed E-state index contributed by atoms with van der Waals surface area (Å²) in [5.74, 6) is -1.25. The lowest BCUT2D eigenvalue weighted by Crippen LogP contribution is -2.46. The minimum Gasteiger partial charge on any atom is -0.395 e. The SMILES string of the molecule is Cc1ccc(C)c(N(C(=O)c2snc(C(=O)NC3CCCCC3)c2N)[C@H](C(=O)NC[C@@H]2CCCO2)c2ccncc2)c1. The number of nitrogens with zero attached hydrogens (tertiary/aromatic N) is 3. The number of hydrogen-bond acceptors (Lipinski definition) is 8. The van der Waals surface area contributed by atoms with Gasteiger partial charge < -0.3 is 21.1 Å². The molecular weight excluding hydrogens is 552 g/mol. The van der Waals surface area contributed by atoms with Gasteiger partial charge in [-0.1, -0.05) is 31.4 Å². The van der Waals surface area contributed by atoms with Crippen molar-refractivity contribution in [1.82, 2.24) is 20.0 Å². The van der Waals surface area contributed by atoms with E-state index in [0.717, 1.165) is 67.6 Å². The topological polar surface area (TPSA) is 140 Å². The van der Waals surface area contributed by atoms with Crippen LogP contribution in [-0.4, -0.2) is 52.4 Å². The van der Waals surface area contributed by atoms with Crippen LogP contribution >= 0.6 is 11.5 Å². The molecule has 10 nitrogen and oxygen atoms in total. The zero-order chi connectivity index (χ0) is 29.6. The summed E-state index contributed by atoms with van der Waals surface area (Å²) in [5.41, 5.74) is 9.40. The molecule has 2 aliphatic rings. The smallest absolute Gasteiger partial charge is 0.273 e. The van der Waals surface area contributed by atoms with Crippen molar-refractivity contribution >= 4 is 40.6 Å². The summed E-state index contributed by atoms with van der Waals surface area (Å²) in [6, 6.07) is 8.22. The van der Waals surface area contributed by atoms with Gasteiger partial charge >= 0.3 is 0 Å². The van der Waals surface area contributed by atoms with Crippen molar-refractivity contribution in [1.29, 1.82) is 0 Å². The van der Waals surface area contributed by atoms with Gasteiger partial charge in [0.05, 0.1) is 11.8 Å². The van der Waals surface area contributed by atoms with Gasteiger partial charge in [0, 0.05) is 37.3 Å². The van der Waals surface area contributed by atoms with E-state index in [4.69, 9.17) is 10.5 Å². The first kappa shape index (κ1) is 29.7. The predicted molar refractivity (Wildman–Crippen MR) is 163 cm³/mol. The van der Waals surface area contributed by atoms with E-state index in [9.17, 15) is 14.4 Å². The standard InChI is InChI=1S/C31H38N6O4S/c1-19-10-11-20(2)24(17-19)37(27(21-12-14-33-15-13-21)30(39)34-18-23-9-6-16-41-23)31(40)28-25(32)26(36-42-28)29(38)35-22-7-4-3-5-8-22/h10-15,17,22-23,27H,3-9,16,18,32H2,1-2H3,(H,34,39)(H,35,38)/t23-,27-/m0/s1. The number of nitrogen functional groups attached to an aromatic ring is 1. The van der Waals surface area contributed by atoms with Gasteiger partial charge in [0.1, 0.15) is 10.9 Å². The fraction of sp³-hybridized carbons (Fsp3) is 0.452. The molecule has 0 bridgehead atoms. The number of ether oxygens (including phenoxy) is 1. The van der Waals surface area contributed by atoms with Crippen LogP contribution in [0.2, 0.25) is 0 Å². The minimum atomic E-state index is -1.04. The Bertz CT molecular complexity index is 1420. The molecular formula is C31H38N6O4S. The van der Waals surface area contributed by atoms with Crippen molar-refractivity contribution in [2.45, 2.75) is 77.0 Å². The van der Waals surface area contributed by atoms with Crippen LogP contribution in [0.15, 0.2) is 42.7 Å². The number of amides is 3. The maximum absolute atomic E-state index is 14.5. The average Bonchev–Trinajstić information content (AvgIpc) is 3.66. The number of aryl methyl sites for hydroxylation is 2. The molecule has 2 atom stereocenters. The fourth-order valence-electron chi connectivity index (χ4n) is 5.65. The van der Waals surface area contributed by atoms with Gasteiger partial charge in [-0.25, -0.2) is 0 Å². The lowest BCUT2D eigenvalue weighted by Gasteiger charge is -2.32. The number of nitrogens with one attached hydrogen (secondary N) is 2. The van der Waals surface area contributed by atoms with Gasteiger partial charge in [0.2, 0.25) is 5.91 Å². The third kappa shape index (κ3) is 6.63. The Labute approximate surface area is 250 Å². The van der Waals surface area contributed by atoms with Crippen molar-refractivity contribution < 1.29 is 19.1 Å². The van der Waals surface area contributed by atoms with E-state index in [1.54, 1.807) is 24.5 Å². The van der Waals surface area contributed by atoms with Crippen LogP contribution in [0.4, 0.5) is 11.4 Å². The number of pyridine rings is 1. The number of rotatable bonds is 9. The van der Waals surface area contributed by atoms with Crippen molar-refractivity contribution in [2.24, 2.45) is 0 Å². The molecule has 42 heavy (non-hydrogen) atoms. The Morgan fingerprint density at radius 3 is 2.55 bits per heavy atom. The molecule has 4 N–H and O–H groups in total. The Balaban J connectivity index is 1.52. The van der Waals surface area contributed by atoms with Crippen LogP contribution < -0.4 is 21.3 Å². The van der Waals surface area contributed by atoms with Crippen LogP contribution in [0.5, 0.6) is 0 Å². The van der Waals surface area contributed by atoms with Crippen molar-refractivity contribution in [2.75, 3.05) is 23.8 Å². The highest BCUT2D eigenvalue weighted by Gasteiger charge is 2.37. The molecule has 1 saturated carbocycles. The van der Waals surface area contributed by atoms with Crippen molar-refractivity contribution in [3.63, 3.8) is 0 Å². The second-order valence-electron chi connectivity index (χ2n) is 11.1. The predicted octanol–water partition coefficient (Wildman–Crippen LogP) is 4.48. The molecule has 222 valence electrons. The number of nitrogens with two attached hydrogens (primary N) is 1. The molecule has 2 aromatic heterocycles. The van der Waals surface area contributed by atoms with Gasteiger partial charge in [0.25, 0.3) is 11.8 Å². The number of hydrogen-bond donors (Lipinski definition) is 3. The molecule has 11 heteroatoms. The summed E-state index contributed by atoms with van der Waals surface area (Å²) < 4.78 is 10.0. The second-order valence-corrected chi connectivity index (χ2v) is 11.9. The molecule has 0 unspecified atom stereocenters. The number of benzene rings is 1. The zero-order valence-corrected chi connectivity index (χ0v) is 24.9. The van der Waals surface area contributed by atoms with Gasteiger partial charge in [-0.15, -0.1) is 0 Å². The van der Waals surface area contributed by atoms with Gasteiger partial charge in [0.15, 0.2) is 5.69 Å². The lowest BCUT2D eigenvalue weighted by molar-refractivity contribution is -0.123. The molecule has 1 aliphatic carbocycles. The molecule has 1 saturated heterocycles. The van der Waals surface area contributed by atoms with Gasteiger partial charge in [-0.3, -0.25) is 24.3 Å². The molecule has 3 amide bonds. The monoisotopic (exact) mass is 590 g/mol. The van der Waals surface area contributed by atoms with E-state index in [1.807, 2.05) is 32.0 Å². The third-order valence-corrected chi connectivity index (χ3v) is 8.83. The summed E-state index contributed by atoms with van der Waals surface area (Å²) in [7, 11) is 0. The number of aromatic nitrogens is 2. The maximum atomic E-state index is 14.5. The first-order valence-corrected chi connectivity index (χ1v) is 15.4. The van der Waals surface area contributed by atoms with E-state index >= 15 is 0 Å². The van der Waals surface area contributed by atoms with Gasteiger partial charge in [-0.05, 0) is 86.0 Å². The highest BCUT2D eigenvalue weighted by atomic mass is 32.1. The summed E-state index contributed by atoms with van der Waals surface area (Å²) in [4.78, 5) is 47.3. The quantitative estimate of drug-likeness (QED) is 0.334. The van der Waals surface area contributed by atoms with Crippen molar-refractivity contribution in [3.8, 4) is 0 Å². The normalized spacial score (nSPS) is 17.9. The first-order valence-electron chi connectivity index (χ1n) is 14.6. The molecule has 3 aromatic rings. The molecule has 1 aliphatic heterocycles. The minimum absolute atomic E-state index is 0.0156. The largest absolute Gasteiger partial charge is 0.395 e. The van der Waals surface area contributed by atoms with Crippen molar-refractivity contribution in [3.05, 3.63) is 70.0 Å². The summed E-state index contributed by atoms with van der Waals surface area (Å²) in [5, 5.41) is 6.04. The van der Waals surface area contributed by atoms with E-state index in [-0.39, 0.29) is 40.2 Å². The number of carbonyl (C=O) groups is 3. The summed E-state index contributed by atoms with van der Waals surface area (Å²) >= 11 is 0.875. The Hall–Kier alpha value is -3.83. The van der Waals surface area contributed by atoms with Crippen LogP contribution in [0.3, 0.4) is 0 Å². The Morgan fingerprint density at radius 2 is 1.83 bits per heavy atom. The van der Waals surface area contributed by atoms with E-state index in [2.05, 4.69) is 20.0 Å². The number of anilines is 2. The Kier molecular flexibility index (Phi) is 9.48. The molecule has 2 fully saturated rings. The van der Waals surface area contributed by atoms with Crippen LogP contribution in [-0.2, 0) is 9.53 Å². The van der Waals surface area contributed by atoms with Crippen LogP contribution in [0, 0.1) is 13.8 Å². The highest BCUT2D eigenvalue weighted by molar-refractivity contribution is 7.09. The Morgan fingerprint density at radius 1 is 1.07 bits per heavy atom. The van der Waals surface area contributed by atoms with Crippen LogP contribution in [0.1, 0.15) is 87.8 Å². The summed E-state index contributed by atoms with van der Waals surface area (Å²) in [6.07, 6.45) is 10.1. The van der Waals surface area contributed by atoms with Gasteiger partial charge in [-0.2, -0.15) is 4.37 Å². The van der Waals surface area contributed by atoms with Crippen LogP contribution in [0.25, 0.3) is 0 Å². The molecule has 0 radical (unpaired) electrons. The van der Waals surface area contributed by atoms with E-state index in [1.165, 1.54) is 4.90 Å². The fourth-order valence-corrected chi connectivity index (χ4v) is 6.39. The third-order valence-electron chi connectivity index (χ3n) is 7.98. The van der Waals surface area contributed by atoms with E-state index in [0.29, 0.717) is 24.4 Å².